The molecule has 4 N–H and O–H groups in total. The second-order valence-electron chi connectivity index (χ2n) is 5.09. The number of nitrogens with one attached hydrogen (secondary N) is 1. The van der Waals surface area contributed by atoms with Crippen molar-refractivity contribution in [1.29, 1.82) is 0 Å². The zero-order chi connectivity index (χ0) is 14.6. The molecule has 1 aromatic heterocycles. The van der Waals surface area contributed by atoms with Crippen molar-refractivity contribution in [3.8, 4) is 0 Å². The number of rotatable bonds is 1. The second kappa shape index (κ2) is 5.13. The number of aliphatic hydroxyl groups excluding tert-OH is 1. The summed E-state index contributed by atoms with van der Waals surface area (Å²) < 4.78 is 0. The van der Waals surface area contributed by atoms with E-state index >= 15 is 0 Å². The van der Waals surface area contributed by atoms with Crippen molar-refractivity contribution in [2.75, 3.05) is 10.0 Å². The Balaban J connectivity index is 0.00000144. The van der Waals surface area contributed by atoms with Crippen LogP contribution in [0.4, 0.5) is 16.4 Å². The summed E-state index contributed by atoms with van der Waals surface area (Å²) in [6.45, 7) is 3.94. The van der Waals surface area contributed by atoms with Crippen LogP contribution in [-0.4, -0.2) is 16.3 Å². The van der Waals surface area contributed by atoms with Crippen LogP contribution in [0.25, 0.3) is 0 Å². The van der Waals surface area contributed by atoms with Gasteiger partial charge in [-0.2, -0.15) is 0 Å². The number of hydrogen-bond donors (Lipinski definition) is 2. The number of hydrogen-bond acceptors (Lipinski definition) is 6. The lowest BCUT2D eigenvalue weighted by molar-refractivity contribution is 0.389. The van der Waals surface area contributed by atoms with Crippen LogP contribution >= 0.6 is 11.3 Å². The summed E-state index contributed by atoms with van der Waals surface area (Å²) >= 11 is 1.58. The van der Waals surface area contributed by atoms with Gasteiger partial charge in [-0.3, -0.25) is 0 Å². The molecular formula is C15H16N4O2S. The molecule has 2 aliphatic rings. The SMILES string of the molecule is CC1=Nc2ccccc2N2NN(c3cc(C)cs3)C(O)=C12.O. The second-order valence-corrected chi connectivity index (χ2v) is 5.98. The number of benzene rings is 1. The maximum atomic E-state index is 10.6. The summed E-state index contributed by atoms with van der Waals surface area (Å²) in [6.07, 6.45) is 0. The van der Waals surface area contributed by atoms with Crippen LogP contribution in [0.5, 0.6) is 0 Å². The van der Waals surface area contributed by atoms with Gasteiger partial charge in [-0.05, 0) is 43.0 Å². The smallest absolute Gasteiger partial charge is 0.236 e. The lowest BCUT2D eigenvalue weighted by Gasteiger charge is -2.27. The van der Waals surface area contributed by atoms with Gasteiger partial charge in [-0.1, -0.05) is 12.1 Å². The number of aryl methyl sites for hydroxylation is 1. The van der Waals surface area contributed by atoms with E-state index in [0.717, 1.165) is 22.1 Å². The Labute approximate surface area is 131 Å². The van der Waals surface area contributed by atoms with E-state index in [-0.39, 0.29) is 11.4 Å². The molecular weight excluding hydrogens is 300 g/mol. The van der Waals surface area contributed by atoms with Crippen LogP contribution in [0.2, 0.25) is 0 Å². The first-order valence-corrected chi connectivity index (χ1v) is 7.53. The molecule has 0 spiro atoms. The van der Waals surface area contributed by atoms with Crippen molar-refractivity contribution >= 4 is 33.4 Å². The van der Waals surface area contributed by atoms with Gasteiger partial charge in [0.15, 0.2) is 0 Å². The van der Waals surface area contributed by atoms with Gasteiger partial charge in [0.25, 0.3) is 0 Å². The van der Waals surface area contributed by atoms with Crippen molar-refractivity contribution in [1.82, 2.24) is 5.53 Å². The minimum Gasteiger partial charge on any atom is -0.492 e. The van der Waals surface area contributed by atoms with Crippen LogP contribution in [0.15, 0.2) is 52.3 Å². The molecule has 0 radical (unpaired) electrons. The average Bonchev–Trinajstić information content (AvgIpc) is 3.03. The number of thiophene rings is 1. The van der Waals surface area contributed by atoms with E-state index in [1.807, 2.05) is 49.2 Å². The number of nitrogens with zero attached hydrogens (tertiary/aromatic N) is 3. The summed E-state index contributed by atoms with van der Waals surface area (Å²) in [5.41, 5.74) is 7.71. The minimum atomic E-state index is 0. The third-order valence-electron chi connectivity index (χ3n) is 3.54. The Kier molecular flexibility index (Phi) is 3.40. The molecule has 1 aromatic carbocycles. The summed E-state index contributed by atoms with van der Waals surface area (Å²) in [5.74, 6) is 0.174. The van der Waals surface area contributed by atoms with E-state index in [1.54, 1.807) is 16.3 Å². The molecule has 7 heteroatoms. The van der Waals surface area contributed by atoms with Crippen LogP contribution in [0.3, 0.4) is 0 Å². The van der Waals surface area contributed by atoms with Gasteiger partial charge in [0.1, 0.15) is 10.7 Å². The first-order valence-electron chi connectivity index (χ1n) is 6.65. The molecule has 4 rings (SSSR count). The normalized spacial score (nSPS) is 16.2. The number of fused-ring (bicyclic) bond motifs is 3. The topological polar surface area (TPSA) is 82.6 Å². The summed E-state index contributed by atoms with van der Waals surface area (Å²) in [7, 11) is 0. The van der Waals surface area contributed by atoms with Gasteiger partial charge < -0.3 is 10.6 Å². The number of aliphatic imine (C=N–C) groups is 1. The minimum absolute atomic E-state index is 0. The first-order chi connectivity index (χ1) is 10.1. The number of anilines is 2. The van der Waals surface area contributed by atoms with Gasteiger partial charge >= 0.3 is 0 Å². The van der Waals surface area contributed by atoms with Crippen LogP contribution < -0.4 is 15.6 Å². The molecule has 0 aliphatic carbocycles. The fourth-order valence-electron chi connectivity index (χ4n) is 2.57. The largest absolute Gasteiger partial charge is 0.492 e. The van der Waals surface area contributed by atoms with E-state index in [9.17, 15) is 5.11 Å². The molecule has 114 valence electrons. The quantitative estimate of drug-likeness (QED) is 0.847. The van der Waals surface area contributed by atoms with E-state index in [0.29, 0.717) is 5.70 Å². The Morgan fingerprint density at radius 1 is 1.18 bits per heavy atom. The van der Waals surface area contributed by atoms with E-state index in [1.165, 1.54) is 5.56 Å². The third kappa shape index (κ3) is 1.98. The molecule has 0 atom stereocenters. The van der Waals surface area contributed by atoms with Gasteiger partial charge in [-0.25, -0.2) is 15.0 Å². The van der Waals surface area contributed by atoms with Crippen molar-refractivity contribution in [2.45, 2.75) is 13.8 Å². The number of para-hydroxylation sites is 2. The van der Waals surface area contributed by atoms with Gasteiger partial charge in [-0.15, -0.1) is 16.9 Å². The lowest BCUT2D eigenvalue weighted by atomic mass is 10.1. The highest BCUT2D eigenvalue weighted by Crippen LogP contribution is 2.40. The molecule has 0 fully saturated rings. The molecule has 0 unspecified atom stereocenters. The van der Waals surface area contributed by atoms with Crippen molar-refractivity contribution < 1.29 is 10.6 Å². The highest BCUT2D eigenvalue weighted by Gasteiger charge is 2.36. The van der Waals surface area contributed by atoms with Gasteiger partial charge in [0.2, 0.25) is 5.88 Å². The molecule has 2 aromatic rings. The average molecular weight is 316 g/mol. The third-order valence-corrected chi connectivity index (χ3v) is 4.57. The molecule has 2 aliphatic heterocycles. The van der Waals surface area contributed by atoms with Crippen LogP contribution in [-0.2, 0) is 0 Å². The zero-order valence-corrected chi connectivity index (χ0v) is 13.0. The molecule has 22 heavy (non-hydrogen) atoms. The number of allylic oxidation sites excluding steroid dienone is 1. The Hall–Kier alpha value is -2.35. The van der Waals surface area contributed by atoms with E-state index in [2.05, 4.69) is 15.9 Å². The zero-order valence-electron chi connectivity index (χ0n) is 12.2. The molecule has 0 saturated carbocycles. The predicted octanol–water partition coefficient (Wildman–Crippen LogP) is 2.81. The fourth-order valence-corrected chi connectivity index (χ4v) is 3.43. The molecule has 0 saturated heterocycles. The Morgan fingerprint density at radius 3 is 2.68 bits per heavy atom. The standard InChI is InChI=1S/C15H14N4OS.H2O/c1-9-7-13(21-8-9)19-15(20)14-10(2)16-11-5-3-4-6-12(11)18(14)17-19;/h3-8,17,20H,1-2H3;1H2. The summed E-state index contributed by atoms with van der Waals surface area (Å²) in [4.78, 5) is 4.57. The summed E-state index contributed by atoms with van der Waals surface area (Å²) in [6, 6.07) is 9.90. The Morgan fingerprint density at radius 2 is 1.95 bits per heavy atom. The molecule has 3 heterocycles. The van der Waals surface area contributed by atoms with E-state index < -0.39 is 0 Å². The van der Waals surface area contributed by atoms with E-state index in [4.69, 9.17) is 0 Å². The van der Waals surface area contributed by atoms with Crippen LogP contribution in [0.1, 0.15) is 12.5 Å². The highest BCUT2D eigenvalue weighted by molar-refractivity contribution is 7.14. The monoisotopic (exact) mass is 316 g/mol. The number of hydrazine groups is 2. The van der Waals surface area contributed by atoms with Crippen molar-refractivity contribution in [2.24, 2.45) is 4.99 Å². The van der Waals surface area contributed by atoms with Crippen molar-refractivity contribution in [3.05, 3.63) is 52.9 Å². The fraction of sp³-hybridized carbons (Fsp3) is 0.133. The van der Waals surface area contributed by atoms with Gasteiger partial charge in [0, 0.05) is 0 Å². The molecule has 0 bridgehead atoms. The maximum Gasteiger partial charge on any atom is 0.236 e. The van der Waals surface area contributed by atoms with Crippen molar-refractivity contribution in [3.63, 3.8) is 0 Å². The molecule has 6 nitrogen and oxygen atoms in total. The molecule has 0 amide bonds. The maximum absolute atomic E-state index is 10.6. The van der Waals surface area contributed by atoms with Gasteiger partial charge in [0.05, 0.1) is 17.1 Å². The lowest BCUT2D eigenvalue weighted by Crippen LogP contribution is -2.42. The Bertz CT molecular complexity index is 796. The number of aliphatic hydroxyl groups is 1. The predicted molar refractivity (Wildman–Crippen MR) is 89.6 cm³/mol. The van der Waals surface area contributed by atoms with Crippen LogP contribution in [0, 0.1) is 6.92 Å². The highest BCUT2D eigenvalue weighted by atomic mass is 32.1. The first kappa shape index (κ1) is 14.6. The summed E-state index contributed by atoms with van der Waals surface area (Å²) in [5, 5.41) is 17.1.